The van der Waals surface area contributed by atoms with Crippen LogP contribution >= 0.6 is 0 Å². The Kier molecular flexibility index (Phi) is 4.15. The van der Waals surface area contributed by atoms with Crippen molar-refractivity contribution >= 4 is 21.7 Å². The number of nitrogens with zero attached hydrogens (tertiary/aromatic N) is 8. The molecule has 1 aliphatic heterocycles. The van der Waals surface area contributed by atoms with E-state index in [1.54, 1.807) is 37.3 Å². The van der Waals surface area contributed by atoms with Crippen LogP contribution in [0.15, 0.2) is 29.6 Å². The molecule has 3 aromatic heterocycles. The maximum absolute atomic E-state index is 12.8. The molecule has 11 nitrogen and oxygen atoms in total. The highest BCUT2D eigenvalue weighted by Gasteiger charge is 2.33. The van der Waals surface area contributed by atoms with E-state index in [9.17, 15) is 13.2 Å². The van der Waals surface area contributed by atoms with Crippen LogP contribution in [0.5, 0.6) is 0 Å². The molecule has 1 aliphatic rings. The summed E-state index contributed by atoms with van der Waals surface area (Å²) in [6, 6.07) is 1.69. The van der Waals surface area contributed by atoms with Crippen LogP contribution in [0.2, 0.25) is 0 Å². The van der Waals surface area contributed by atoms with Crippen LogP contribution in [0.3, 0.4) is 0 Å². The largest absolute Gasteiger partial charge is 0.333 e. The summed E-state index contributed by atoms with van der Waals surface area (Å²) in [7, 11) is -1.94. The number of amides is 1. The zero-order valence-electron chi connectivity index (χ0n) is 14.8. The van der Waals surface area contributed by atoms with E-state index in [-0.39, 0.29) is 42.8 Å². The van der Waals surface area contributed by atoms with Gasteiger partial charge in [0.05, 0.1) is 11.9 Å². The third-order valence-electron chi connectivity index (χ3n) is 4.64. The predicted octanol–water partition coefficient (Wildman–Crippen LogP) is -0.687. The highest BCUT2D eigenvalue weighted by Crippen LogP contribution is 2.20. The first kappa shape index (κ1) is 17.5. The van der Waals surface area contributed by atoms with E-state index in [0.29, 0.717) is 11.5 Å². The van der Waals surface area contributed by atoms with Gasteiger partial charge in [-0.2, -0.15) is 14.4 Å². The first-order chi connectivity index (χ1) is 12.9. The van der Waals surface area contributed by atoms with Gasteiger partial charge in [-0.15, -0.1) is 5.10 Å². The monoisotopic (exact) mass is 390 g/mol. The Labute approximate surface area is 155 Å². The Morgan fingerprint density at radius 2 is 1.93 bits per heavy atom. The van der Waals surface area contributed by atoms with Crippen LogP contribution in [0.25, 0.3) is 5.78 Å². The van der Waals surface area contributed by atoms with Crippen molar-refractivity contribution in [2.75, 3.05) is 26.2 Å². The maximum Gasteiger partial charge on any atom is 0.293 e. The number of fused-ring (bicyclic) bond motifs is 1. The van der Waals surface area contributed by atoms with Crippen LogP contribution in [0.1, 0.15) is 16.3 Å². The van der Waals surface area contributed by atoms with Crippen molar-refractivity contribution in [1.29, 1.82) is 0 Å². The zero-order valence-corrected chi connectivity index (χ0v) is 15.7. The SMILES string of the molecule is Cc1c(S(=O)(=O)N2CCN(C(=O)c3nc4ncccn4n3)CC2)cnn1C. The highest BCUT2D eigenvalue weighted by molar-refractivity contribution is 7.89. The fourth-order valence-electron chi connectivity index (χ4n) is 2.97. The molecule has 4 heterocycles. The van der Waals surface area contributed by atoms with E-state index in [1.807, 2.05) is 0 Å². The molecule has 1 saturated heterocycles. The van der Waals surface area contributed by atoms with E-state index < -0.39 is 10.0 Å². The van der Waals surface area contributed by atoms with E-state index in [0.717, 1.165) is 0 Å². The van der Waals surface area contributed by atoms with Crippen molar-refractivity contribution < 1.29 is 13.2 Å². The minimum atomic E-state index is -3.64. The maximum atomic E-state index is 12.8. The van der Waals surface area contributed by atoms with Crippen LogP contribution in [-0.2, 0) is 17.1 Å². The number of carbonyl (C=O) groups is 1. The molecule has 0 bridgehead atoms. The van der Waals surface area contributed by atoms with Gasteiger partial charge in [0.2, 0.25) is 15.8 Å². The van der Waals surface area contributed by atoms with E-state index in [2.05, 4.69) is 20.2 Å². The number of aromatic nitrogens is 6. The fourth-order valence-corrected chi connectivity index (χ4v) is 4.58. The smallest absolute Gasteiger partial charge is 0.293 e. The standard InChI is InChI=1S/C15H18N8O3S/c1-11-12(10-17-20(11)2)27(25,26)22-8-6-21(7-9-22)14(24)13-18-15-16-4-3-5-23(15)19-13/h3-5,10H,6-9H2,1-2H3. The molecule has 1 amide bonds. The molecule has 0 radical (unpaired) electrons. The molecule has 0 aromatic carbocycles. The summed E-state index contributed by atoms with van der Waals surface area (Å²) in [4.78, 5) is 22.5. The summed E-state index contributed by atoms with van der Waals surface area (Å²) < 4.78 is 30.0. The van der Waals surface area contributed by atoms with Gasteiger partial charge >= 0.3 is 0 Å². The van der Waals surface area contributed by atoms with Gasteiger partial charge in [0, 0.05) is 45.6 Å². The molecular formula is C15H18N8O3S. The van der Waals surface area contributed by atoms with Crippen LogP contribution in [0, 0.1) is 6.92 Å². The molecule has 3 aromatic rings. The van der Waals surface area contributed by atoms with Gasteiger partial charge in [0.1, 0.15) is 4.90 Å². The van der Waals surface area contributed by atoms with Gasteiger partial charge in [0.15, 0.2) is 0 Å². The molecule has 4 rings (SSSR count). The number of sulfonamides is 1. The van der Waals surface area contributed by atoms with Crippen LogP contribution in [-0.4, -0.2) is 79.1 Å². The third-order valence-corrected chi connectivity index (χ3v) is 6.64. The minimum Gasteiger partial charge on any atom is -0.333 e. The van der Waals surface area contributed by atoms with Crippen molar-refractivity contribution in [2.45, 2.75) is 11.8 Å². The van der Waals surface area contributed by atoms with Crippen molar-refractivity contribution in [2.24, 2.45) is 7.05 Å². The summed E-state index contributed by atoms with van der Waals surface area (Å²) in [5.74, 6) is 0.0531. The molecule has 0 N–H and O–H groups in total. The first-order valence-electron chi connectivity index (χ1n) is 8.33. The summed E-state index contributed by atoms with van der Waals surface area (Å²) in [5, 5.41) is 8.13. The average Bonchev–Trinajstić information content (AvgIpc) is 3.25. The Morgan fingerprint density at radius 3 is 2.56 bits per heavy atom. The van der Waals surface area contributed by atoms with E-state index >= 15 is 0 Å². The Hall–Kier alpha value is -2.86. The summed E-state index contributed by atoms with van der Waals surface area (Å²) in [6.45, 7) is 2.64. The normalized spacial score (nSPS) is 16.1. The fraction of sp³-hybridized carbons (Fsp3) is 0.400. The number of aryl methyl sites for hydroxylation is 1. The Morgan fingerprint density at radius 1 is 1.19 bits per heavy atom. The second-order valence-electron chi connectivity index (χ2n) is 6.21. The molecule has 0 saturated carbocycles. The molecule has 142 valence electrons. The van der Waals surface area contributed by atoms with E-state index in [1.165, 1.54) is 19.7 Å². The number of carbonyl (C=O) groups excluding carboxylic acids is 1. The van der Waals surface area contributed by atoms with Crippen molar-refractivity contribution in [3.05, 3.63) is 36.2 Å². The summed E-state index contributed by atoms with van der Waals surface area (Å²) in [5.41, 5.74) is 0.579. The molecular weight excluding hydrogens is 372 g/mol. The summed E-state index contributed by atoms with van der Waals surface area (Å²) in [6.07, 6.45) is 4.59. The van der Waals surface area contributed by atoms with Gasteiger partial charge in [-0.1, -0.05) is 0 Å². The van der Waals surface area contributed by atoms with Crippen LogP contribution in [0.4, 0.5) is 0 Å². The summed E-state index contributed by atoms with van der Waals surface area (Å²) >= 11 is 0. The van der Waals surface area contributed by atoms with Crippen LogP contribution < -0.4 is 0 Å². The van der Waals surface area contributed by atoms with E-state index in [4.69, 9.17) is 0 Å². The van der Waals surface area contributed by atoms with Gasteiger partial charge in [-0.25, -0.2) is 17.9 Å². The van der Waals surface area contributed by atoms with Crippen molar-refractivity contribution in [1.82, 2.24) is 38.6 Å². The second-order valence-corrected chi connectivity index (χ2v) is 8.12. The molecule has 27 heavy (non-hydrogen) atoms. The zero-order chi connectivity index (χ0) is 19.2. The molecule has 12 heteroatoms. The number of rotatable bonds is 3. The molecule has 0 spiro atoms. The third kappa shape index (κ3) is 2.96. The van der Waals surface area contributed by atoms with Gasteiger partial charge < -0.3 is 4.90 Å². The first-order valence-corrected chi connectivity index (χ1v) is 9.77. The quantitative estimate of drug-likeness (QED) is 0.581. The van der Waals surface area contributed by atoms with Crippen molar-refractivity contribution in [3.63, 3.8) is 0 Å². The predicted molar refractivity (Wildman–Crippen MR) is 93.4 cm³/mol. The molecule has 1 fully saturated rings. The lowest BCUT2D eigenvalue weighted by Crippen LogP contribution is -2.50. The van der Waals surface area contributed by atoms with Gasteiger partial charge in [-0.3, -0.25) is 9.48 Å². The molecule has 0 atom stereocenters. The van der Waals surface area contributed by atoms with Gasteiger partial charge in [0.25, 0.3) is 11.7 Å². The second kappa shape index (κ2) is 6.39. The number of piperazine rings is 1. The number of hydrogen-bond donors (Lipinski definition) is 0. The highest BCUT2D eigenvalue weighted by atomic mass is 32.2. The van der Waals surface area contributed by atoms with Crippen molar-refractivity contribution in [3.8, 4) is 0 Å². The average molecular weight is 390 g/mol. The molecule has 0 unspecified atom stereocenters. The lowest BCUT2D eigenvalue weighted by molar-refractivity contribution is 0.0686. The number of hydrogen-bond acceptors (Lipinski definition) is 7. The topological polar surface area (TPSA) is 119 Å². The molecule has 0 aliphatic carbocycles. The minimum absolute atomic E-state index is 0.0492. The Bertz CT molecular complexity index is 1080. The lowest BCUT2D eigenvalue weighted by Gasteiger charge is -2.33. The lowest BCUT2D eigenvalue weighted by atomic mass is 10.3. The Balaban J connectivity index is 1.48. The van der Waals surface area contributed by atoms with Gasteiger partial charge in [-0.05, 0) is 13.0 Å².